The Morgan fingerprint density at radius 2 is 2.00 bits per heavy atom. The molecule has 4 nitrogen and oxygen atoms in total. The quantitative estimate of drug-likeness (QED) is 0.815. The van der Waals surface area contributed by atoms with Gasteiger partial charge in [0.25, 0.3) is 0 Å². The van der Waals surface area contributed by atoms with E-state index < -0.39 is 18.8 Å². The zero-order valence-electron chi connectivity index (χ0n) is 9.89. The van der Waals surface area contributed by atoms with Gasteiger partial charge in [0.05, 0.1) is 0 Å². The highest BCUT2D eigenvalue weighted by atomic mass is 79.9. The maximum atomic E-state index is 13.6. The molecule has 19 heavy (non-hydrogen) atoms. The summed E-state index contributed by atoms with van der Waals surface area (Å²) in [4.78, 5) is 19.6. The molecular formula is C11H13BrF2NO3P. The summed E-state index contributed by atoms with van der Waals surface area (Å²) in [6.07, 6.45) is 1.13. The molecule has 8 heteroatoms. The molecular weight excluding hydrogens is 343 g/mol. The van der Waals surface area contributed by atoms with Gasteiger partial charge in [0.1, 0.15) is 0 Å². The van der Waals surface area contributed by atoms with Crippen molar-refractivity contribution in [3.05, 3.63) is 33.8 Å². The van der Waals surface area contributed by atoms with Crippen LogP contribution < -0.4 is 0 Å². The summed E-state index contributed by atoms with van der Waals surface area (Å²) in [6, 6.07) is 4.03. The molecule has 1 aromatic rings. The van der Waals surface area contributed by atoms with E-state index in [4.69, 9.17) is 9.79 Å². The van der Waals surface area contributed by atoms with E-state index in [0.717, 1.165) is 31.1 Å². The first-order chi connectivity index (χ1) is 8.72. The molecule has 0 radical (unpaired) electrons. The first-order valence-corrected chi connectivity index (χ1v) is 8.07. The van der Waals surface area contributed by atoms with Crippen LogP contribution in [0.25, 0.3) is 0 Å². The van der Waals surface area contributed by atoms with E-state index in [0.29, 0.717) is 6.54 Å². The van der Waals surface area contributed by atoms with Crippen LogP contribution in [0.5, 0.6) is 0 Å². The van der Waals surface area contributed by atoms with Crippen molar-refractivity contribution < 1.29 is 23.1 Å². The van der Waals surface area contributed by atoms with Crippen LogP contribution in [0, 0.1) is 0 Å². The fourth-order valence-corrected chi connectivity index (χ4v) is 3.19. The molecule has 2 N–H and O–H groups in total. The van der Waals surface area contributed by atoms with Gasteiger partial charge in [0, 0.05) is 16.6 Å². The second kappa shape index (κ2) is 5.22. The Balaban J connectivity index is 2.26. The average Bonchev–Trinajstić information content (AvgIpc) is 2.21. The smallest absolute Gasteiger partial charge is 0.320 e. The molecule has 1 saturated heterocycles. The maximum Gasteiger partial charge on any atom is 0.399 e. The van der Waals surface area contributed by atoms with Gasteiger partial charge in [0.2, 0.25) is 0 Å². The fourth-order valence-electron chi connectivity index (χ4n) is 1.86. The molecule has 0 aromatic heterocycles. The van der Waals surface area contributed by atoms with Crippen molar-refractivity contribution in [1.82, 2.24) is 4.90 Å². The Hall–Kier alpha value is -0.330. The Morgan fingerprint density at radius 3 is 2.42 bits per heavy atom. The van der Waals surface area contributed by atoms with Crippen molar-refractivity contribution in [1.29, 1.82) is 0 Å². The molecule has 0 saturated carbocycles. The third-order valence-electron chi connectivity index (χ3n) is 3.08. The molecule has 1 fully saturated rings. The van der Waals surface area contributed by atoms with Crippen LogP contribution in [0.4, 0.5) is 8.78 Å². The van der Waals surface area contributed by atoms with Gasteiger partial charge in [-0.2, -0.15) is 8.78 Å². The zero-order chi connectivity index (χ0) is 14.3. The number of halogens is 3. The Morgan fingerprint density at radius 1 is 1.37 bits per heavy atom. The maximum absolute atomic E-state index is 13.6. The Labute approximate surface area is 117 Å². The minimum absolute atomic E-state index is 0.0128. The molecule has 1 heterocycles. The van der Waals surface area contributed by atoms with E-state index >= 15 is 0 Å². The lowest BCUT2D eigenvalue weighted by Gasteiger charge is -2.30. The lowest BCUT2D eigenvalue weighted by atomic mass is 10.1. The summed E-state index contributed by atoms with van der Waals surface area (Å²) in [5, 5.41) is 0. The summed E-state index contributed by atoms with van der Waals surface area (Å²) in [5.41, 5.74) is -4.04. The van der Waals surface area contributed by atoms with E-state index in [9.17, 15) is 13.3 Å². The Kier molecular flexibility index (Phi) is 4.14. The van der Waals surface area contributed by atoms with Crippen LogP contribution in [0.15, 0.2) is 22.7 Å². The number of likely N-dealkylation sites (tertiary alicyclic amines) is 1. The first kappa shape index (κ1) is 15.1. The number of hydrogen-bond donors (Lipinski definition) is 2. The number of nitrogens with zero attached hydrogens (tertiary/aromatic N) is 1. The van der Waals surface area contributed by atoms with Crippen LogP contribution in [0.1, 0.15) is 17.5 Å². The molecule has 1 aliphatic rings. The van der Waals surface area contributed by atoms with Gasteiger partial charge < -0.3 is 9.79 Å². The minimum atomic E-state index is -5.53. The lowest BCUT2D eigenvalue weighted by Crippen LogP contribution is -2.36. The van der Waals surface area contributed by atoms with Gasteiger partial charge in [-0.05, 0) is 31.1 Å². The second-order valence-corrected chi connectivity index (χ2v) is 7.03. The van der Waals surface area contributed by atoms with Gasteiger partial charge >= 0.3 is 13.3 Å². The zero-order valence-corrected chi connectivity index (χ0v) is 12.4. The van der Waals surface area contributed by atoms with Crippen molar-refractivity contribution in [3.63, 3.8) is 0 Å². The molecule has 0 spiro atoms. The van der Waals surface area contributed by atoms with Gasteiger partial charge in [-0.1, -0.05) is 28.1 Å². The molecule has 106 valence electrons. The normalized spacial score (nSPS) is 17.3. The predicted octanol–water partition coefficient (Wildman–Crippen LogP) is 2.88. The summed E-state index contributed by atoms with van der Waals surface area (Å²) >= 11 is 2.96. The van der Waals surface area contributed by atoms with E-state index in [1.165, 1.54) is 12.1 Å². The monoisotopic (exact) mass is 355 g/mol. The fraction of sp³-hybridized carbons (Fsp3) is 0.455. The summed E-state index contributed by atoms with van der Waals surface area (Å²) in [7, 11) is -5.53. The third kappa shape index (κ3) is 3.06. The molecule has 0 bridgehead atoms. The highest BCUT2D eigenvalue weighted by Gasteiger charge is 2.51. The van der Waals surface area contributed by atoms with Crippen molar-refractivity contribution in [3.8, 4) is 0 Å². The molecule has 0 unspecified atom stereocenters. The molecule has 0 atom stereocenters. The van der Waals surface area contributed by atoms with Crippen molar-refractivity contribution in [2.24, 2.45) is 0 Å². The predicted molar refractivity (Wildman–Crippen MR) is 70.0 cm³/mol. The van der Waals surface area contributed by atoms with Crippen LogP contribution >= 0.6 is 23.5 Å². The van der Waals surface area contributed by atoms with E-state index in [1.807, 2.05) is 0 Å². The van der Waals surface area contributed by atoms with Crippen LogP contribution in [0.3, 0.4) is 0 Å². The summed E-state index contributed by atoms with van der Waals surface area (Å²) < 4.78 is 38.0. The number of hydrogen-bond acceptors (Lipinski definition) is 2. The topological polar surface area (TPSA) is 60.8 Å². The number of rotatable bonds is 4. The van der Waals surface area contributed by atoms with Crippen molar-refractivity contribution in [2.45, 2.75) is 18.6 Å². The molecule has 1 aliphatic heterocycles. The Bertz CT molecular complexity index is 531. The number of alkyl halides is 2. The van der Waals surface area contributed by atoms with Crippen molar-refractivity contribution >= 4 is 23.5 Å². The minimum Gasteiger partial charge on any atom is -0.320 e. The molecule has 0 amide bonds. The van der Waals surface area contributed by atoms with Crippen LogP contribution in [0.2, 0.25) is 0 Å². The first-order valence-electron chi connectivity index (χ1n) is 5.66. The van der Waals surface area contributed by atoms with Crippen LogP contribution in [-0.4, -0.2) is 27.8 Å². The molecule has 0 aliphatic carbocycles. The van der Waals surface area contributed by atoms with E-state index in [1.54, 1.807) is 0 Å². The highest BCUT2D eigenvalue weighted by Crippen LogP contribution is 2.60. The average molecular weight is 356 g/mol. The standard InChI is InChI=1S/C11H13BrF2NO3P/c12-10-6-8(7-15-4-1-5-15)2-3-9(10)11(13,14)19(16,17)18/h2-3,6H,1,4-5,7H2,(H2,16,17,18). The van der Waals surface area contributed by atoms with Crippen LogP contribution in [-0.2, 0) is 16.8 Å². The summed E-state index contributed by atoms with van der Waals surface area (Å²) in [5.74, 6) is 0. The second-order valence-electron chi connectivity index (χ2n) is 4.53. The highest BCUT2D eigenvalue weighted by molar-refractivity contribution is 9.10. The third-order valence-corrected chi connectivity index (χ3v) is 4.71. The number of benzene rings is 1. The molecule has 2 rings (SSSR count). The van der Waals surface area contributed by atoms with Gasteiger partial charge in [-0.3, -0.25) is 9.46 Å². The van der Waals surface area contributed by atoms with Gasteiger partial charge in [-0.25, -0.2) is 0 Å². The summed E-state index contributed by atoms with van der Waals surface area (Å²) in [6.45, 7) is 2.62. The van der Waals surface area contributed by atoms with Crippen molar-refractivity contribution in [2.75, 3.05) is 13.1 Å². The van der Waals surface area contributed by atoms with E-state index in [-0.39, 0.29) is 4.47 Å². The molecule has 1 aromatic carbocycles. The van der Waals surface area contributed by atoms with E-state index in [2.05, 4.69) is 20.8 Å². The largest absolute Gasteiger partial charge is 0.399 e. The van der Waals surface area contributed by atoms with Gasteiger partial charge in [0.15, 0.2) is 0 Å². The lowest BCUT2D eigenvalue weighted by molar-refractivity contribution is 0.0557. The SMILES string of the molecule is O=P(O)(O)C(F)(F)c1ccc(CN2CCC2)cc1Br. The van der Waals surface area contributed by atoms with Gasteiger partial charge in [-0.15, -0.1) is 0 Å².